The van der Waals surface area contributed by atoms with Crippen molar-refractivity contribution in [1.29, 1.82) is 0 Å². The zero-order chi connectivity index (χ0) is 19.5. The fraction of sp³-hybridized carbons (Fsp3) is 0.588. The van der Waals surface area contributed by atoms with Gasteiger partial charge in [0.15, 0.2) is 0 Å². The lowest BCUT2D eigenvalue weighted by Gasteiger charge is -2.32. The van der Waals surface area contributed by atoms with Crippen molar-refractivity contribution in [2.75, 3.05) is 19.6 Å². The number of amides is 1. The number of rotatable bonds is 6. The molecular weight excluding hydrogens is 365 g/mol. The molecule has 2 rings (SSSR count). The molecular formula is C17H25F3N2O3Si. The number of hydrogen-bond acceptors (Lipinski definition) is 3. The van der Waals surface area contributed by atoms with Crippen LogP contribution < -0.4 is 10.1 Å². The van der Waals surface area contributed by atoms with Crippen molar-refractivity contribution in [2.24, 2.45) is 0 Å². The van der Waals surface area contributed by atoms with Gasteiger partial charge < -0.3 is 20.1 Å². The third kappa shape index (κ3) is 5.91. The van der Waals surface area contributed by atoms with Crippen molar-refractivity contribution >= 4 is 14.2 Å². The number of benzene rings is 1. The van der Waals surface area contributed by atoms with Gasteiger partial charge in [-0.3, -0.25) is 0 Å². The molecule has 1 aliphatic heterocycles. The average Bonchev–Trinajstić information content (AvgIpc) is 2.93. The molecule has 1 heterocycles. The number of nitrogens with zero attached hydrogens (tertiary/aromatic N) is 1. The van der Waals surface area contributed by atoms with Crippen LogP contribution in [0.4, 0.5) is 18.0 Å². The van der Waals surface area contributed by atoms with Crippen LogP contribution in [0.1, 0.15) is 11.5 Å². The highest BCUT2D eigenvalue weighted by molar-refractivity contribution is 6.76. The molecule has 9 heteroatoms. The lowest BCUT2D eigenvalue weighted by molar-refractivity contribution is -0.274. The molecule has 0 spiro atoms. The second kappa shape index (κ2) is 7.87. The highest BCUT2D eigenvalue weighted by Gasteiger charge is 2.37. The Hall–Kier alpha value is -1.74. The van der Waals surface area contributed by atoms with Crippen molar-refractivity contribution < 1.29 is 27.8 Å². The standard InChI is InChI=1S/C17H25F3N2O3Si/c1-26(2,3)8-7-22(16(23)24)15-11-21-10-14(15)12-5-4-6-13(9-12)25-17(18,19)20/h4-6,9,14-15,21H,7-8,10-11H2,1-3H3,(H,23,24)/t14-,15+/m1/s1. The normalized spacial score (nSPS) is 20.8. The summed E-state index contributed by atoms with van der Waals surface area (Å²) in [4.78, 5) is 13.2. The summed E-state index contributed by atoms with van der Waals surface area (Å²) < 4.78 is 41.4. The fourth-order valence-electron chi connectivity index (χ4n) is 3.13. The van der Waals surface area contributed by atoms with Crippen LogP contribution in [-0.4, -0.2) is 56.2 Å². The summed E-state index contributed by atoms with van der Waals surface area (Å²) in [5.41, 5.74) is 0.640. The van der Waals surface area contributed by atoms with Gasteiger partial charge in [-0.2, -0.15) is 0 Å². The Balaban J connectivity index is 2.20. The van der Waals surface area contributed by atoms with Gasteiger partial charge in [-0.1, -0.05) is 31.8 Å². The van der Waals surface area contributed by atoms with E-state index >= 15 is 0 Å². The average molecular weight is 390 g/mol. The maximum absolute atomic E-state index is 12.5. The van der Waals surface area contributed by atoms with Gasteiger partial charge in [-0.15, -0.1) is 13.2 Å². The first kappa shape index (κ1) is 20.6. The SMILES string of the molecule is C[Si](C)(C)CCN(C(=O)O)[C@H]1CNC[C@@H]1c1cccc(OC(F)(F)F)c1. The Morgan fingerprint density at radius 1 is 1.35 bits per heavy atom. The molecule has 1 amide bonds. The molecule has 146 valence electrons. The van der Waals surface area contributed by atoms with Gasteiger partial charge in [-0.25, -0.2) is 4.79 Å². The number of halogens is 3. The maximum Gasteiger partial charge on any atom is 0.573 e. The maximum atomic E-state index is 12.5. The second-order valence-corrected chi connectivity index (χ2v) is 13.4. The Morgan fingerprint density at radius 3 is 2.62 bits per heavy atom. The van der Waals surface area contributed by atoms with Crippen LogP contribution in [0.2, 0.25) is 25.7 Å². The van der Waals surface area contributed by atoms with E-state index in [9.17, 15) is 23.1 Å². The highest BCUT2D eigenvalue weighted by atomic mass is 28.3. The minimum absolute atomic E-state index is 0.218. The molecule has 1 aromatic carbocycles. The number of alkyl halides is 3. The quantitative estimate of drug-likeness (QED) is 0.722. The lowest BCUT2D eigenvalue weighted by Crippen LogP contribution is -2.45. The van der Waals surface area contributed by atoms with E-state index in [1.54, 1.807) is 6.07 Å². The minimum atomic E-state index is -4.75. The fourth-order valence-corrected chi connectivity index (χ4v) is 4.05. The Bertz CT molecular complexity index is 634. The third-order valence-corrected chi connectivity index (χ3v) is 6.17. The van der Waals surface area contributed by atoms with E-state index < -0.39 is 20.5 Å². The van der Waals surface area contributed by atoms with Crippen LogP contribution in [0, 0.1) is 0 Å². The predicted molar refractivity (Wildman–Crippen MR) is 95.4 cm³/mol. The minimum Gasteiger partial charge on any atom is -0.465 e. The molecule has 0 bridgehead atoms. The van der Waals surface area contributed by atoms with E-state index in [1.165, 1.54) is 23.1 Å². The number of ether oxygens (including phenoxy) is 1. The van der Waals surface area contributed by atoms with Gasteiger partial charge in [0.2, 0.25) is 0 Å². The summed E-state index contributed by atoms with van der Waals surface area (Å²) in [6.45, 7) is 7.95. The van der Waals surface area contributed by atoms with Crippen molar-refractivity contribution in [3.05, 3.63) is 29.8 Å². The van der Waals surface area contributed by atoms with E-state index in [0.29, 0.717) is 25.2 Å². The van der Waals surface area contributed by atoms with E-state index in [0.717, 1.165) is 6.04 Å². The molecule has 2 atom stereocenters. The van der Waals surface area contributed by atoms with Gasteiger partial charge in [0.1, 0.15) is 5.75 Å². The smallest absolute Gasteiger partial charge is 0.465 e. The summed E-state index contributed by atoms with van der Waals surface area (Å²) in [7, 11) is -1.42. The van der Waals surface area contributed by atoms with E-state index in [4.69, 9.17) is 0 Å². The first-order valence-corrected chi connectivity index (χ1v) is 12.2. The zero-order valence-electron chi connectivity index (χ0n) is 15.1. The molecule has 0 radical (unpaired) electrons. The van der Waals surface area contributed by atoms with Crippen LogP contribution in [0.25, 0.3) is 0 Å². The number of hydrogen-bond donors (Lipinski definition) is 2. The Labute approximate surface area is 152 Å². The van der Waals surface area contributed by atoms with Crippen molar-refractivity contribution in [2.45, 2.75) is 44.0 Å². The summed E-state index contributed by atoms with van der Waals surface area (Å²) in [6.07, 6.45) is -5.75. The van der Waals surface area contributed by atoms with Crippen LogP contribution in [0.3, 0.4) is 0 Å². The summed E-state index contributed by atoms with van der Waals surface area (Å²) in [5.74, 6) is -0.505. The first-order valence-electron chi connectivity index (χ1n) is 8.52. The molecule has 0 aromatic heterocycles. The largest absolute Gasteiger partial charge is 0.573 e. The topological polar surface area (TPSA) is 61.8 Å². The summed E-state index contributed by atoms with van der Waals surface area (Å²) in [6, 6.07) is 6.32. The van der Waals surface area contributed by atoms with Gasteiger partial charge in [0.05, 0.1) is 6.04 Å². The van der Waals surface area contributed by atoms with E-state index in [1.807, 2.05) is 0 Å². The van der Waals surface area contributed by atoms with Crippen LogP contribution in [-0.2, 0) is 0 Å². The number of carboxylic acid groups (broad SMARTS) is 1. The first-order chi connectivity index (χ1) is 12.0. The van der Waals surface area contributed by atoms with Crippen molar-refractivity contribution in [3.8, 4) is 5.75 Å². The lowest BCUT2D eigenvalue weighted by atomic mass is 9.93. The van der Waals surface area contributed by atoms with Crippen LogP contribution in [0.5, 0.6) is 5.75 Å². The number of nitrogens with one attached hydrogen (secondary N) is 1. The van der Waals surface area contributed by atoms with Crippen molar-refractivity contribution in [3.63, 3.8) is 0 Å². The molecule has 1 fully saturated rings. The molecule has 0 saturated carbocycles. The summed E-state index contributed by atoms with van der Waals surface area (Å²) in [5, 5.41) is 12.8. The van der Waals surface area contributed by atoms with E-state index in [2.05, 4.69) is 29.7 Å². The molecule has 1 aliphatic rings. The molecule has 26 heavy (non-hydrogen) atoms. The Kier molecular flexibility index (Phi) is 6.23. The van der Waals surface area contributed by atoms with Crippen LogP contribution in [0.15, 0.2) is 24.3 Å². The molecule has 0 aliphatic carbocycles. The summed E-state index contributed by atoms with van der Waals surface area (Å²) >= 11 is 0. The molecule has 5 nitrogen and oxygen atoms in total. The second-order valence-electron chi connectivity index (χ2n) is 7.74. The molecule has 0 unspecified atom stereocenters. The van der Waals surface area contributed by atoms with Gasteiger partial charge in [0.25, 0.3) is 0 Å². The predicted octanol–water partition coefficient (Wildman–Crippen LogP) is 3.96. The van der Waals surface area contributed by atoms with Gasteiger partial charge >= 0.3 is 12.5 Å². The molecule has 2 N–H and O–H groups in total. The zero-order valence-corrected chi connectivity index (χ0v) is 16.1. The molecule has 1 aromatic rings. The van der Waals surface area contributed by atoms with E-state index in [-0.39, 0.29) is 17.7 Å². The van der Waals surface area contributed by atoms with Gasteiger partial charge in [-0.05, 0) is 23.7 Å². The van der Waals surface area contributed by atoms with Gasteiger partial charge in [0, 0.05) is 33.6 Å². The molecule has 1 saturated heterocycles. The van der Waals surface area contributed by atoms with Crippen LogP contribution >= 0.6 is 0 Å². The Morgan fingerprint density at radius 2 is 2.04 bits per heavy atom. The third-order valence-electron chi connectivity index (χ3n) is 4.45. The number of carbonyl (C=O) groups is 1. The monoisotopic (exact) mass is 390 g/mol. The highest BCUT2D eigenvalue weighted by Crippen LogP contribution is 2.31. The van der Waals surface area contributed by atoms with Crippen molar-refractivity contribution in [1.82, 2.24) is 10.2 Å².